The lowest BCUT2D eigenvalue weighted by Gasteiger charge is -2.30. The summed E-state index contributed by atoms with van der Waals surface area (Å²) in [6, 6.07) is -0.882. The van der Waals surface area contributed by atoms with Gasteiger partial charge in [-0.1, -0.05) is 0 Å². The summed E-state index contributed by atoms with van der Waals surface area (Å²) in [5, 5.41) is 15.9. The van der Waals surface area contributed by atoms with Gasteiger partial charge in [-0.2, -0.15) is 5.10 Å². The molecule has 2 aromatic heterocycles. The lowest BCUT2D eigenvalue weighted by atomic mass is 10.0. The highest BCUT2D eigenvalue weighted by Gasteiger charge is 2.40. The summed E-state index contributed by atoms with van der Waals surface area (Å²) >= 11 is 0. The van der Waals surface area contributed by atoms with Crippen LogP contribution in [0, 0.1) is 5.92 Å². The van der Waals surface area contributed by atoms with E-state index < -0.39 is 24.5 Å². The van der Waals surface area contributed by atoms with E-state index in [0.29, 0.717) is 24.0 Å². The summed E-state index contributed by atoms with van der Waals surface area (Å²) in [7, 11) is 1.57. The molecule has 3 aliphatic rings. The molecule has 0 aromatic carbocycles. The Balaban J connectivity index is 1.44. The largest absolute Gasteiger partial charge is 0.372 e. The van der Waals surface area contributed by atoms with Crippen LogP contribution < -0.4 is 21.3 Å². The third-order valence-electron chi connectivity index (χ3n) is 6.20. The van der Waals surface area contributed by atoms with E-state index >= 15 is 0 Å². The molecule has 1 saturated heterocycles. The van der Waals surface area contributed by atoms with Crippen LogP contribution in [0.15, 0.2) is 41.3 Å². The molecule has 2 aliphatic heterocycles. The van der Waals surface area contributed by atoms with Crippen molar-refractivity contribution in [3.05, 3.63) is 42.0 Å². The van der Waals surface area contributed by atoms with Crippen molar-refractivity contribution in [3.8, 4) is 0 Å². The number of ether oxygens (including phenoxy) is 1. The van der Waals surface area contributed by atoms with E-state index in [9.17, 15) is 14.0 Å². The Morgan fingerprint density at radius 1 is 1.22 bits per heavy atom. The highest BCUT2D eigenvalue weighted by Crippen LogP contribution is 2.40. The summed E-state index contributed by atoms with van der Waals surface area (Å²) in [6.07, 6.45) is 9.68. The van der Waals surface area contributed by atoms with Crippen LogP contribution in [-0.2, 0) is 16.6 Å². The molecule has 2 aromatic rings. The molecule has 190 valence electrons. The maximum absolute atomic E-state index is 13.6. The first-order chi connectivity index (χ1) is 17.5. The lowest BCUT2D eigenvalue weighted by Crippen LogP contribution is -2.52. The van der Waals surface area contributed by atoms with Crippen molar-refractivity contribution in [1.29, 1.82) is 0 Å². The smallest absolute Gasteiger partial charge is 0.271 e. The fourth-order valence-corrected chi connectivity index (χ4v) is 4.34. The molecule has 0 bridgehead atoms. The second-order valence-electron chi connectivity index (χ2n) is 8.87. The number of allylic oxidation sites excluding steroid dienone is 1. The molecule has 2 fully saturated rings. The summed E-state index contributed by atoms with van der Waals surface area (Å²) in [4.78, 5) is 39.1. The molecule has 1 aliphatic carbocycles. The SMILES string of the molecule is Cn1ncc(NC(=O)C2NC(C3CC3)=C(C3CCCO3)N=C2Nc2cncnc2)c1C(=O)NCCF. The topological polar surface area (TPSA) is 147 Å². The first-order valence-electron chi connectivity index (χ1n) is 11.9. The van der Waals surface area contributed by atoms with Gasteiger partial charge in [0.25, 0.3) is 11.8 Å². The van der Waals surface area contributed by atoms with Gasteiger partial charge in [-0.3, -0.25) is 14.3 Å². The fourth-order valence-electron chi connectivity index (χ4n) is 4.34. The highest BCUT2D eigenvalue weighted by atomic mass is 19.1. The number of nitrogens with zero attached hydrogens (tertiary/aromatic N) is 5. The van der Waals surface area contributed by atoms with Crippen molar-refractivity contribution in [2.45, 2.75) is 37.8 Å². The van der Waals surface area contributed by atoms with Gasteiger partial charge < -0.3 is 26.0 Å². The molecule has 5 rings (SSSR count). The van der Waals surface area contributed by atoms with Gasteiger partial charge in [0, 0.05) is 31.8 Å². The second-order valence-corrected chi connectivity index (χ2v) is 8.87. The van der Waals surface area contributed by atoms with E-state index in [1.807, 2.05) is 0 Å². The number of nitrogens with one attached hydrogen (secondary N) is 4. The van der Waals surface area contributed by atoms with Crippen LogP contribution >= 0.6 is 0 Å². The normalized spacial score (nSPS) is 21.6. The number of amides is 2. The van der Waals surface area contributed by atoms with Gasteiger partial charge >= 0.3 is 0 Å². The Kier molecular flexibility index (Phi) is 6.89. The van der Waals surface area contributed by atoms with E-state index in [1.54, 1.807) is 19.4 Å². The average Bonchev–Trinajstić information content (AvgIpc) is 3.45. The van der Waals surface area contributed by atoms with Crippen molar-refractivity contribution in [1.82, 2.24) is 30.4 Å². The van der Waals surface area contributed by atoms with Crippen LogP contribution in [0.1, 0.15) is 36.2 Å². The highest BCUT2D eigenvalue weighted by molar-refractivity contribution is 6.18. The van der Waals surface area contributed by atoms with E-state index in [0.717, 1.165) is 37.1 Å². The summed E-state index contributed by atoms with van der Waals surface area (Å²) in [5.74, 6) is -0.308. The summed E-state index contributed by atoms with van der Waals surface area (Å²) in [6.45, 7) is -0.159. The predicted molar refractivity (Wildman–Crippen MR) is 129 cm³/mol. The Labute approximate surface area is 206 Å². The number of alkyl halides is 1. The standard InChI is InChI=1S/C23H28FN9O3/c1-33-20(23(35)27-7-6-24)15(11-28-33)30-22(34)19-21(29-14-9-25-12-26-10-14)32-18(16-3-2-8-36-16)17(31-19)13-4-5-13/h9-13,16,19,31H,2-8H2,1H3,(H,27,35)(H,29,32)(H,30,34). The van der Waals surface area contributed by atoms with Gasteiger partial charge in [-0.05, 0) is 25.7 Å². The number of carbonyl (C=O) groups excluding carboxylic acids is 2. The molecule has 13 heteroatoms. The molecule has 1 saturated carbocycles. The Bertz CT molecular complexity index is 1190. The third-order valence-corrected chi connectivity index (χ3v) is 6.20. The Morgan fingerprint density at radius 3 is 2.72 bits per heavy atom. The molecule has 0 radical (unpaired) electrons. The van der Waals surface area contributed by atoms with Crippen LogP contribution in [0.2, 0.25) is 0 Å². The van der Waals surface area contributed by atoms with Gasteiger partial charge in [0.15, 0.2) is 6.04 Å². The minimum absolute atomic E-state index is 0.119. The van der Waals surface area contributed by atoms with E-state index in [4.69, 9.17) is 9.73 Å². The minimum atomic E-state index is -0.882. The van der Waals surface area contributed by atoms with Crippen LogP contribution in [0.3, 0.4) is 0 Å². The number of aliphatic imine (C=N–C) groups is 1. The van der Waals surface area contributed by atoms with E-state index in [1.165, 1.54) is 17.2 Å². The molecule has 36 heavy (non-hydrogen) atoms. The Hall–Kier alpha value is -3.87. The average molecular weight is 498 g/mol. The monoisotopic (exact) mass is 497 g/mol. The number of hydrogen-bond acceptors (Lipinski definition) is 9. The Morgan fingerprint density at radius 2 is 2.03 bits per heavy atom. The van der Waals surface area contributed by atoms with E-state index in [2.05, 4.69) is 36.3 Å². The molecule has 12 nitrogen and oxygen atoms in total. The number of hydrogen-bond donors (Lipinski definition) is 4. The molecule has 0 spiro atoms. The van der Waals surface area contributed by atoms with Gasteiger partial charge in [-0.15, -0.1) is 0 Å². The minimum Gasteiger partial charge on any atom is -0.372 e. The first kappa shape index (κ1) is 23.9. The van der Waals surface area contributed by atoms with E-state index in [-0.39, 0.29) is 24.0 Å². The summed E-state index contributed by atoms with van der Waals surface area (Å²) in [5.41, 5.74) is 2.64. The van der Waals surface area contributed by atoms with Gasteiger partial charge in [0.2, 0.25) is 0 Å². The van der Waals surface area contributed by atoms with Crippen molar-refractivity contribution >= 4 is 29.0 Å². The zero-order chi connectivity index (χ0) is 25.1. The van der Waals surface area contributed by atoms with Crippen LogP contribution in [0.25, 0.3) is 0 Å². The van der Waals surface area contributed by atoms with Crippen molar-refractivity contribution in [2.24, 2.45) is 18.0 Å². The number of halogens is 1. The second kappa shape index (κ2) is 10.4. The number of aromatic nitrogens is 4. The quantitative estimate of drug-likeness (QED) is 0.424. The van der Waals surface area contributed by atoms with Crippen molar-refractivity contribution in [3.63, 3.8) is 0 Å². The first-order valence-corrected chi connectivity index (χ1v) is 11.9. The zero-order valence-corrected chi connectivity index (χ0v) is 19.8. The zero-order valence-electron chi connectivity index (χ0n) is 19.8. The predicted octanol–water partition coefficient (Wildman–Crippen LogP) is 1.13. The number of amidine groups is 1. The molecular weight excluding hydrogens is 469 g/mol. The molecule has 4 heterocycles. The molecule has 2 unspecified atom stereocenters. The van der Waals surface area contributed by atoms with Gasteiger partial charge in [0.1, 0.15) is 30.6 Å². The number of rotatable bonds is 8. The van der Waals surface area contributed by atoms with Crippen LogP contribution in [0.4, 0.5) is 15.8 Å². The summed E-state index contributed by atoms with van der Waals surface area (Å²) < 4.78 is 19.8. The van der Waals surface area contributed by atoms with Crippen molar-refractivity contribution < 1.29 is 18.7 Å². The number of aryl methyl sites for hydroxylation is 1. The fraction of sp³-hybridized carbons (Fsp3) is 0.478. The number of carbonyl (C=O) groups is 2. The lowest BCUT2D eigenvalue weighted by molar-refractivity contribution is -0.116. The van der Waals surface area contributed by atoms with Crippen molar-refractivity contribution in [2.75, 3.05) is 30.5 Å². The van der Waals surface area contributed by atoms with Gasteiger partial charge in [-0.25, -0.2) is 19.4 Å². The van der Waals surface area contributed by atoms with Gasteiger partial charge in [0.05, 0.1) is 35.7 Å². The van der Waals surface area contributed by atoms with Crippen LogP contribution in [0.5, 0.6) is 0 Å². The number of anilines is 2. The molecule has 2 atom stereocenters. The molecule has 4 N–H and O–H groups in total. The maximum Gasteiger partial charge on any atom is 0.271 e. The molecular formula is C23H28FN9O3. The maximum atomic E-state index is 13.6. The molecule has 2 amide bonds. The van der Waals surface area contributed by atoms with Crippen LogP contribution in [-0.4, -0.2) is 69.4 Å². The third kappa shape index (κ3) is 5.05.